The molecule has 0 unspecified atom stereocenters. The minimum Gasteiger partial charge on any atom is -0.497 e. The highest BCUT2D eigenvalue weighted by Crippen LogP contribution is 2.30. The van der Waals surface area contributed by atoms with Crippen molar-refractivity contribution in [3.63, 3.8) is 0 Å². The molecule has 2 aromatic carbocycles. The topological polar surface area (TPSA) is 61.6 Å². The summed E-state index contributed by atoms with van der Waals surface area (Å²) >= 11 is 0. The number of benzene rings is 2. The maximum atomic E-state index is 10.8. The Morgan fingerprint density at radius 1 is 1.10 bits per heavy atom. The van der Waals surface area contributed by atoms with Gasteiger partial charge in [-0.1, -0.05) is 12.1 Å². The van der Waals surface area contributed by atoms with E-state index < -0.39 is 5.91 Å². The predicted octanol–water partition coefficient (Wildman–Crippen LogP) is 2.84. The largest absolute Gasteiger partial charge is 0.497 e. The number of amides is 1. The van der Waals surface area contributed by atoms with Gasteiger partial charge in [0.2, 0.25) is 0 Å². The zero-order chi connectivity index (χ0) is 15.4. The number of carbonyl (C=O) groups is 1. The van der Waals surface area contributed by atoms with E-state index in [2.05, 4.69) is 0 Å². The third kappa shape index (κ3) is 3.54. The average molecular weight is 285 g/mol. The maximum absolute atomic E-state index is 10.8. The Labute approximate surface area is 124 Å². The van der Waals surface area contributed by atoms with Crippen molar-refractivity contribution in [3.8, 4) is 22.6 Å². The molecule has 4 heteroatoms. The van der Waals surface area contributed by atoms with Crippen LogP contribution in [0.4, 0.5) is 0 Å². The fourth-order valence-electron chi connectivity index (χ4n) is 2.21. The van der Waals surface area contributed by atoms with Crippen molar-refractivity contribution in [2.45, 2.75) is 13.8 Å². The van der Waals surface area contributed by atoms with Crippen molar-refractivity contribution >= 4 is 5.91 Å². The van der Waals surface area contributed by atoms with E-state index in [0.717, 1.165) is 28.0 Å². The van der Waals surface area contributed by atoms with Crippen molar-refractivity contribution in [3.05, 3.63) is 47.5 Å². The van der Waals surface area contributed by atoms with Gasteiger partial charge in [0.1, 0.15) is 11.5 Å². The zero-order valence-corrected chi connectivity index (χ0v) is 12.5. The van der Waals surface area contributed by atoms with E-state index in [4.69, 9.17) is 15.2 Å². The van der Waals surface area contributed by atoms with E-state index in [-0.39, 0.29) is 6.61 Å². The van der Waals surface area contributed by atoms with Gasteiger partial charge in [-0.3, -0.25) is 4.79 Å². The number of primary amides is 1. The second kappa shape index (κ2) is 6.31. The molecule has 0 spiro atoms. The van der Waals surface area contributed by atoms with Crippen LogP contribution in [-0.2, 0) is 4.79 Å². The number of nitrogens with two attached hydrogens (primary N) is 1. The van der Waals surface area contributed by atoms with Gasteiger partial charge in [0.05, 0.1) is 7.11 Å². The minimum atomic E-state index is -0.482. The SMILES string of the molecule is COc1ccc(-c2ccc(OCC(N)=O)c(C)c2)c(C)c1. The van der Waals surface area contributed by atoms with Crippen LogP contribution in [0, 0.1) is 13.8 Å². The molecule has 4 nitrogen and oxygen atoms in total. The molecule has 2 rings (SSSR count). The highest BCUT2D eigenvalue weighted by molar-refractivity contribution is 5.75. The van der Waals surface area contributed by atoms with Gasteiger partial charge >= 0.3 is 0 Å². The van der Waals surface area contributed by atoms with Gasteiger partial charge in [-0.05, 0) is 60.4 Å². The third-order valence-electron chi connectivity index (χ3n) is 3.29. The number of methoxy groups -OCH3 is 1. The Morgan fingerprint density at radius 2 is 1.86 bits per heavy atom. The first-order valence-corrected chi connectivity index (χ1v) is 6.68. The lowest BCUT2D eigenvalue weighted by molar-refractivity contribution is -0.119. The average Bonchev–Trinajstić information content (AvgIpc) is 2.45. The number of aryl methyl sites for hydroxylation is 2. The predicted molar refractivity (Wildman–Crippen MR) is 82.6 cm³/mol. The van der Waals surface area contributed by atoms with Gasteiger partial charge in [0.25, 0.3) is 5.91 Å². The molecule has 2 aromatic rings. The van der Waals surface area contributed by atoms with Gasteiger partial charge in [-0.15, -0.1) is 0 Å². The van der Waals surface area contributed by atoms with Crippen LogP contribution in [0.25, 0.3) is 11.1 Å². The molecule has 0 radical (unpaired) electrons. The number of hydrogen-bond donors (Lipinski definition) is 1. The fraction of sp³-hybridized carbons (Fsp3) is 0.235. The van der Waals surface area contributed by atoms with Crippen molar-refractivity contribution in [2.75, 3.05) is 13.7 Å². The van der Waals surface area contributed by atoms with Crippen LogP contribution in [0.1, 0.15) is 11.1 Å². The molecule has 0 aliphatic heterocycles. The van der Waals surface area contributed by atoms with Crippen LogP contribution < -0.4 is 15.2 Å². The van der Waals surface area contributed by atoms with E-state index in [1.54, 1.807) is 7.11 Å². The third-order valence-corrected chi connectivity index (χ3v) is 3.29. The Balaban J connectivity index is 2.29. The van der Waals surface area contributed by atoms with Crippen molar-refractivity contribution < 1.29 is 14.3 Å². The first-order chi connectivity index (χ1) is 10.0. The zero-order valence-electron chi connectivity index (χ0n) is 12.5. The molecular formula is C17H19NO3. The van der Waals surface area contributed by atoms with Gasteiger partial charge in [0.15, 0.2) is 6.61 Å². The van der Waals surface area contributed by atoms with Crippen molar-refractivity contribution in [2.24, 2.45) is 5.73 Å². The van der Waals surface area contributed by atoms with Crippen LogP contribution >= 0.6 is 0 Å². The molecule has 0 heterocycles. The molecule has 0 aliphatic carbocycles. The van der Waals surface area contributed by atoms with Crippen LogP contribution in [0.3, 0.4) is 0 Å². The van der Waals surface area contributed by atoms with Crippen LogP contribution in [0.2, 0.25) is 0 Å². The summed E-state index contributed by atoms with van der Waals surface area (Å²) in [6, 6.07) is 11.8. The van der Waals surface area contributed by atoms with Gasteiger partial charge in [-0.25, -0.2) is 0 Å². The summed E-state index contributed by atoms with van der Waals surface area (Å²) in [5.74, 6) is 1.03. The smallest absolute Gasteiger partial charge is 0.255 e. The first-order valence-electron chi connectivity index (χ1n) is 6.68. The highest BCUT2D eigenvalue weighted by Gasteiger charge is 2.07. The quantitative estimate of drug-likeness (QED) is 0.919. The molecule has 0 aliphatic rings. The summed E-state index contributed by atoms with van der Waals surface area (Å²) < 4.78 is 10.6. The van der Waals surface area contributed by atoms with Crippen LogP contribution in [-0.4, -0.2) is 19.6 Å². The number of hydrogen-bond acceptors (Lipinski definition) is 3. The standard InChI is InChI=1S/C17H19NO3/c1-11-9-14(20-3)5-6-15(11)13-4-7-16(12(2)8-13)21-10-17(18)19/h4-9H,10H2,1-3H3,(H2,18,19). The Hall–Kier alpha value is -2.49. The highest BCUT2D eigenvalue weighted by atomic mass is 16.5. The monoisotopic (exact) mass is 285 g/mol. The molecule has 1 amide bonds. The van der Waals surface area contributed by atoms with Crippen LogP contribution in [0.15, 0.2) is 36.4 Å². The summed E-state index contributed by atoms with van der Waals surface area (Å²) in [6.45, 7) is 3.88. The summed E-state index contributed by atoms with van der Waals surface area (Å²) in [5.41, 5.74) is 9.42. The Morgan fingerprint density at radius 3 is 2.43 bits per heavy atom. The summed E-state index contributed by atoms with van der Waals surface area (Å²) in [4.78, 5) is 10.8. The molecule has 0 bridgehead atoms. The number of rotatable bonds is 5. The van der Waals surface area contributed by atoms with Crippen LogP contribution in [0.5, 0.6) is 11.5 Å². The normalized spacial score (nSPS) is 10.2. The summed E-state index contributed by atoms with van der Waals surface area (Å²) in [6.07, 6.45) is 0. The van der Waals surface area contributed by atoms with E-state index in [1.807, 2.05) is 50.2 Å². The summed E-state index contributed by atoms with van der Waals surface area (Å²) in [7, 11) is 1.66. The van der Waals surface area contributed by atoms with E-state index in [9.17, 15) is 4.79 Å². The van der Waals surface area contributed by atoms with E-state index in [1.165, 1.54) is 0 Å². The van der Waals surface area contributed by atoms with E-state index >= 15 is 0 Å². The fourth-order valence-corrected chi connectivity index (χ4v) is 2.21. The van der Waals surface area contributed by atoms with Gasteiger partial charge < -0.3 is 15.2 Å². The first kappa shape index (κ1) is 14.9. The number of carbonyl (C=O) groups excluding carboxylic acids is 1. The summed E-state index contributed by atoms with van der Waals surface area (Å²) in [5, 5.41) is 0. The molecular weight excluding hydrogens is 266 g/mol. The van der Waals surface area contributed by atoms with Crippen molar-refractivity contribution in [1.82, 2.24) is 0 Å². The second-order valence-electron chi connectivity index (χ2n) is 4.92. The van der Waals surface area contributed by atoms with E-state index in [0.29, 0.717) is 5.75 Å². The van der Waals surface area contributed by atoms with Gasteiger partial charge in [-0.2, -0.15) is 0 Å². The molecule has 0 fully saturated rings. The van der Waals surface area contributed by atoms with Gasteiger partial charge in [0, 0.05) is 0 Å². The second-order valence-corrected chi connectivity index (χ2v) is 4.92. The minimum absolute atomic E-state index is 0.109. The molecule has 0 saturated carbocycles. The maximum Gasteiger partial charge on any atom is 0.255 e. The molecule has 21 heavy (non-hydrogen) atoms. The Kier molecular flexibility index (Phi) is 4.48. The number of ether oxygens (including phenoxy) is 2. The molecule has 0 atom stereocenters. The molecule has 0 saturated heterocycles. The Bertz CT molecular complexity index is 665. The molecule has 0 aromatic heterocycles. The molecule has 2 N–H and O–H groups in total. The molecule has 110 valence electrons. The lowest BCUT2D eigenvalue weighted by Gasteiger charge is -2.12. The van der Waals surface area contributed by atoms with Crippen molar-refractivity contribution in [1.29, 1.82) is 0 Å². The lowest BCUT2D eigenvalue weighted by Crippen LogP contribution is -2.20. The lowest BCUT2D eigenvalue weighted by atomic mass is 9.98.